The molecular formula is C4H6F2O2. The molecule has 0 aliphatic rings. The van der Waals surface area contributed by atoms with Crippen LogP contribution in [0.15, 0.2) is 0 Å². The van der Waals surface area contributed by atoms with E-state index in [1.807, 2.05) is 0 Å². The third kappa shape index (κ3) is 1.44. The molecule has 0 aromatic carbocycles. The number of rotatable bonds is 2. The quantitative estimate of drug-likeness (QED) is 0.598. The number of halogens is 2. The van der Waals surface area contributed by atoms with Gasteiger partial charge in [-0.15, -0.1) is 0 Å². The molecular weight excluding hydrogens is 118 g/mol. The Morgan fingerprint density at radius 1 is 1.75 bits per heavy atom. The Morgan fingerprint density at radius 2 is 2.12 bits per heavy atom. The molecule has 1 N–H and O–H groups in total. The van der Waals surface area contributed by atoms with Crippen molar-refractivity contribution in [3.05, 3.63) is 0 Å². The fraction of sp³-hybridized carbons (Fsp3) is 0.750. The fourth-order valence-corrected chi connectivity index (χ4v) is 0.151. The summed E-state index contributed by atoms with van der Waals surface area (Å²) in [4.78, 5) is 9.50. The molecule has 0 heterocycles. The van der Waals surface area contributed by atoms with E-state index in [0.29, 0.717) is 0 Å². The molecule has 0 fully saturated rings. The zero-order valence-corrected chi connectivity index (χ0v) is 4.32. The summed E-state index contributed by atoms with van der Waals surface area (Å²) in [5, 5.41) is 7.69. The number of hydrogen-bond acceptors (Lipinski definition) is 1. The Kier molecular flexibility index (Phi) is 1.89. The molecule has 0 aliphatic heterocycles. The lowest BCUT2D eigenvalue weighted by Crippen LogP contribution is -2.26. The molecule has 0 unspecified atom stereocenters. The molecule has 0 aromatic heterocycles. The Labute approximate surface area is 45.1 Å². The predicted octanol–water partition coefficient (Wildman–Crippen LogP) is 1.12. The normalized spacial score (nSPS) is 11.4. The van der Waals surface area contributed by atoms with Gasteiger partial charge in [-0.05, 0) is 0 Å². The fourth-order valence-electron chi connectivity index (χ4n) is 0.151. The van der Waals surface area contributed by atoms with Gasteiger partial charge in [-0.25, -0.2) is 4.79 Å². The van der Waals surface area contributed by atoms with E-state index in [1.165, 1.54) is 0 Å². The van der Waals surface area contributed by atoms with E-state index >= 15 is 0 Å². The van der Waals surface area contributed by atoms with Gasteiger partial charge in [0.15, 0.2) is 0 Å². The van der Waals surface area contributed by atoms with Crippen molar-refractivity contribution in [3.8, 4) is 0 Å². The molecule has 0 aromatic rings. The van der Waals surface area contributed by atoms with E-state index in [0.717, 1.165) is 6.92 Å². The Balaban J connectivity index is 3.91. The SMILES string of the molecule is CCC(F)(F)C(=O)O. The molecule has 0 saturated heterocycles. The standard InChI is InChI=1S/C4H6F2O2/c1-2-4(5,6)3(7)8/h2H2,1H3,(H,7,8). The first-order valence-electron chi connectivity index (χ1n) is 2.12. The smallest absolute Gasteiger partial charge is 0.374 e. The molecule has 48 valence electrons. The predicted molar refractivity (Wildman–Crippen MR) is 22.9 cm³/mol. The Hall–Kier alpha value is -0.670. The van der Waals surface area contributed by atoms with Crippen LogP contribution in [0.25, 0.3) is 0 Å². The zero-order chi connectivity index (χ0) is 6.78. The number of alkyl halides is 2. The molecule has 0 saturated carbocycles. The molecule has 0 radical (unpaired) electrons. The van der Waals surface area contributed by atoms with Gasteiger partial charge in [-0.1, -0.05) is 6.92 Å². The minimum Gasteiger partial charge on any atom is -0.477 e. The van der Waals surface area contributed by atoms with Crippen LogP contribution in [0, 0.1) is 0 Å². The molecule has 0 atom stereocenters. The van der Waals surface area contributed by atoms with Crippen LogP contribution >= 0.6 is 0 Å². The van der Waals surface area contributed by atoms with Gasteiger partial charge in [0.1, 0.15) is 0 Å². The lowest BCUT2D eigenvalue weighted by Gasteiger charge is -2.04. The highest BCUT2D eigenvalue weighted by atomic mass is 19.3. The van der Waals surface area contributed by atoms with E-state index in [9.17, 15) is 13.6 Å². The van der Waals surface area contributed by atoms with Crippen LogP contribution in [-0.2, 0) is 4.79 Å². The van der Waals surface area contributed by atoms with E-state index < -0.39 is 18.3 Å². The molecule has 4 heteroatoms. The second kappa shape index (κ2) is 2.07. The second-order valence-electron chi connectivity index (χ2n) is 1.36. The van der Waals surface area contributed by atoms with Crippen molar-refractivity contribution in [1.29, 1.82) is 0 Å². The third-order valence-electron chi connectivity index (χ3n) is 0.757. The third-order valence-corrected chi connectivity index (χ3v) is 0.757. The molecule has 0 bridgehead atoms. The maximum absolute atomic E-state index is 11.7. The highest BCUT2D eigenvalue weighted by molar-refractivity contribution is 5.74. The molecule has 0 amide bonds. The van der Waals surface area contributed by atoms with Crippen LogP contribution in [0.1, 0.15) is 13.3 Å². The molecule has 8 heavy (non-hydrogen) atoms. The summed E-state index contributed by atoms with van der Waals surface area (Å²) in [6.45, 7) is 1.12. The molecule has 2 nitrogen and oxygen atoms in total. The maximum atomic E-state index is 11.7. The number of carboxylic acid groups (broad SMARTS) is 1. The highest BCUT2D eigenvalue weighted by Crippen LogP contribution is 2.16. The first-order chi connectivity index (χ1) is 3.50. The van der Waals surface area contributed by atoms with Gasteiger partial charge in [-0.3, -0.25) is 0 Å². The summed E-state index contributed by atoms with van der Waals surface area (Å²) in [5.41, 5.74) is 0. The van der Waals surface area contributed by atoms with Crippen LogP contribution in [-0.4, -0.2) is 17.0 Å². The van der Waals surface area contributed by atoms with Gasteiger partial charge in [0.25, 0.3) is 0 Å². The number of aliphatic carboxylic acids is 1. The molecule has 0 aliphatic carbocycles. The monoisotopic (exact) mass is 124 g/mol. The molecule has 0 rings (SSSR count). The van der Waals surface area contributed by atoms with Crippen molar-refractivity contribution in [3.63, 3.8) is 0 Å². The minimum absolute atomic E-state index is 0.650. The lowest BCUT2D eigenvalue weighted by molar-refractivity contribution is -0.165. The number of carboxylic acids is 1. The van der Waals surface area contributed by atoms with E-state index in [2.05, 4.69) is 0 Å². The van der Waals surface area contributed by atoms with E-state index in [-0.39, 0.29) is 0 Å². The van der Waals surface area contributed by atoms with Crippen molar-refractivity contribution >= 4 is 5.97 Å². The van der Waals surface area contributed by atoms with Crippen molar-refractivity contribution in [1.82, 2.24) is 0 Å². The van der Waals surface area contributed by atoms with Gasteiger partial charge < -0.3 is 5.11 Å². The number of hydrogen-bond donors (Lipinski definition) is 1. The summed E-state index contributed by atoms with van der Waals surface area (Å²) in [5.74, 6) is -5.60. The first kappa shape index (κ1) is 7.33. The summed E-state index contributed by atoms with van der Waals surface area (Å²) in [6, 6.07) is 0. The summed E-state index contributed by atoms with van der Waals surface area (Å²) >= 11 is 0. The highest BCUT2D eigenvalue weighted by Gasteiger charge is 2.35. The Morgan fingerprint density at radius 3 is 2.12 bits per heavy atom. The van der Waals surface area contributed by atoms with Gasteiger partial charge >= 0.3 is 11.9 Å². The summed E-state index contributed by atoms with van der Waals surface area (Å²) < 4.78 is 23.4. The van der Waals surface area contributed by atoms with Crippen LogP contribution in [0.5, 0.6) is 0 Å². The van der Waals surface area contributed by atoms with Crippen molar-refractivity contribution in [2.24, 2.45) is 0 Å². The minimum atomic E-state index is -3.54. The summed E-state index contributed by atoms with van der Waals surface area (Å²) in [7, 11) is 0. The van der Waals surface area contributed by atoms with Gasteiger partial charge in [0.05, 0.1) is 0 Å². The summed E-state index contributed by atoms with van der Waals surface area (Å²) in [6.07, 6.45) is -0.650. The van der Waals surface area contributed by atoms with Crippen LogP contribution in [0.2, 0.25) is 0 Å². The van der Waals surface area contributed by atoms with Crippen molar-refractivity contribution < 1.29 is 18.7 Å². The van der Waals surface area contributed by atoms with Crippen molar-refractivity contribution in [2.75, 3.05) is 0 Å². The van der Waals surface area contributed by atoms with Crippen LogP contribution in [0.4, 0.5) is 8.78 Å². The average Bonchev–Trinajstić information content (AvgIpc) is 1.67. The van der Waals surface area contributed by atoms with Gasteiger partial charge in [0, 0.05) is 6.42 Å². The first-order valence-corrected chi connectivity index (χ1v) is 2.12. The van der Waals surface area contributed by atoms with Crippen LogP contribution < -0.4 is 0 Å². The van der Waals surface area contributed by atoms with E-state index in [1.54, 1.807) is 0 Å². The average molecular weight is 124 g/mol. The second-order valence-corrected chi connectivity index (χ2v) is 1.36. The Bertz CT molecular complexity index is 100. The lowest BCUT2D eigenvalue weighted by atomic mass is 10.3. The van der Waals surface area contributed by atoms with Gasteiger partial charge in [-0.2, -0.15) is 8.78 Å². The topological polar surface area (TPSA) is 37.3 Å². The van der Waals surface area contributed by atoms with Gasteiger partial charge in [0.2, 0.25) is 0 Å². The maximum Gasteiger partial charge on any atom is 0.374 e. The van der Waals surface area contributed by atoms with Crippen molar-refractivity contribution in [2.45, 2.75) is 19.3 Å². The zero-order valence-electron chi connectivity index (χ0n) is 4.32. The molecule has 0 spiro atoms. The van der Waals surface area contributed by atoms with Crippen LogP contribution in [0.3, 0.4) is 0 Å². The van der Waals surface area contributed by atoms with E-state index in [4.69, 9.17) is 5.11 Å². The largest absolute Gasteiger partial charge is 0.477 e. The number of carbonyl (C=O) groups is 1.